The lowest BCUT2D eigenvalue weighted by atomic mass is 9.89. The molecule has 21 heavy (non-hydrogen) atoms. The van der Waals surface area contributed by atoms with Crippen LogP contribution in [0.15, 0.2) is 42.5 Å². The average Bonchev–Trinajstić information content (AvgIpc) is 2.64. The summed E-state index contributed by atoms with van der Waals surface area (Å²) in [6.07, 6.45) is 3.34. The van der Waals surface area contributed by atoms with Gasteiger partial charge in [-0.1, -0.05) is 41.9 Å². The molecule has 0 aliphatic heterocycles. The van der Waals surface area contributed by atoms with Crippen molar-refractivity contribution in [2.45, 2.75) is 25.7 Å². The molecule has 1 aliphatic rings. The molecule has 0 heterocycles. The summed E-state index contributed by atoms with van der Waals surface area (Å²) in [6, 6.07) is 12.6. The molecular weight excluding hydrogens is 287 g/mol. The second-order valence-corrected chi connectivity index (χ2v) is 5.97. The predicted octanol–water partition coefficient (Wildman–Crippen LogP) is 4.86. The third-order valence-corrected chi connectivity index (χ3v) is 4.42. The van der Waals surface area contributed by atoms with Gasteiger partial charge in [-0.3, -0.25) is 4.79 Å². The van der Waals surface area contributed by atoms with Crippen LogP contribution in [-0.2, 0) is 12.8 Å². The van der Waals surface area contributed by atoms with Gasteiger partial charge in [0, 0.05) is 11.5 Å². The summed E-state index contributed by atoms with van der Waals surface area (Å²) >= 11 is 5.70. The zero-order valence-corrected chi connectivity index (χ0v) is 12.4. The van der Waals surface area contributed by atoms with Crippen LogP contribution in [0, 0.1) is 11.7 Å². The maximum atomic E-state index is 13.5. The number of rotatable bonds is 2. The lowest BCUT2D eigenvalue weighted by molar-refractivity contribution is 0.0915. The molecule has 0 saturated heterocycles. The topological polar surface area (TPSA) is 17.1 Å². The third-order valence-electron chi connectivity index (χ3n) is 4.12. The average molecular weight is 303 g/mol. The smallest absolute Gasteiger partial charge is 0.166 e. The molecule has 0 radical (unpaired) electrons. The van der Waals surface area contributed by atoms with Gasteiger partial charge in [0.15, 0.2) is 5.78 Å². The highest BCUT2D eigenvalue weighted by Crippen LogP contribution is 2.28. The number of Topliss-reactive ketones (excluding diaryl/α,β-unsaturated/α-hetero) is 1. The van der Waals surface area contributed by atoms with E-state index in [1.807, 2.05) is 24.3 Å². The minimum atomic E-state index is -0.421. The molecule has 108 valence electrons. The second kappa shape index (κ2) is 5.98. The fraction of sp³-hybridized carbons (Fsp3) is 0.278. The standard InChI is InChI=1S/C18H16ClFO/c19-16-9-8-12(11-17(16)20)10-14-6-3-5-13-4-1-2-7-15(13)18(14)21/h1-2,4,7-9,11,14H,3,5-6,10H2. The number of benzene rings is 2. The predicted molar refractivity (Wildman–Crippen MR) is 82.3 cm³/mol. The van der Waals surface area contributed by atoms with Crippen LogP contribution in [0.1, 0.15) is 34.3 Å². The molecule has 3 rings (SSSR count). The van der Waals surface area contributed by atoms with E-state index >= 15 is 0 Å². The van der Waals surface area contributed by atoms with E-state index in [9.17, 15) is 9.18 Å². The molecule has 1 nitrogen and oxygen atoms in total. The first-order chi connectivity index (χ1) is 10.1. The summed E-state index contributed by atoms with van der Waals surface area (Å²) < 4.78 is 13.5. The monoisotopic (exact) mass is 302 g/mol. The Balaban J connectivity index is 1.85. The van der Waals surface area contributed by atoms with Crippen LogP contribution in [0.2, 0.25) is 5.02 Å². The van der Waals surface area contributed by atoms with Gasteiger partial charge in [0.05, 0.1) is 5.02 Å². The molecule has 0 spiro atoms. The van der Waals surface area contributed by atoms with Crippen molar-refractivity contribution in [2.24, 2.45) is 5.92 Å². The van der Waals surface area contributed by atoms with Crippen LogP contribution < -0.4 is 0 Å². The largest absolute Gasteiger partial charge is 0.294 e. The fourth-order valence-electron chi connectivity index (χ4n) is 3.01. The fourth-order valence-corrected chi connectivity index (χ4v) is 3.13. The van der Waals surface area contributed by atoms with E-state index in [-0.39, 0.29) is 16.7 Å². The summed E-state index contributed by atoms with van der Waals surface area (Å²) in [4.78, 5) is 12.7. The Kier molecular flexibility index (Phi) is 4.07. The Morgan fingerprint density at radius 2 is 2.00 bits per heavy atom. The molecule has 0 N–H and O–H groups in total. The van der Waals surface area contributed by atoms with Gasteiger partial charge in [0.25, 0.3) is 0 Å². The number of fused-ring (bicyclic) bond motifs is 1. The van der Waals surface area contributed by atoms with Crippen molar-refractivity contribution in [1.29, 1.82) is 0 Å². The van der Waals surface area contributed by atoms with Crippen LogP contribution in [0.4, 0.5) is 4.39 Å². The lowest BCUT2D eigenvalue weighted by Gasteiger charge is -2.14. The molecule has 3 heteroatoms. The highest BCUT2D eigenvalue weighted by atomic mass is 35.5. The molecule has 0 bridgehead atoms. The lowest BCUT2D eigenvalue weighted by Crippen LogP contribution is -2.16. The molecule has 1 aliphatic carbocycles. The molecule has 1 atom stereocenters. The first-order valence-corrected chi connectivity index (χ1v) is 7.59. The van der Waals surface area contributed by atoms with Crippen LogP contribution >= 0.6 is 11.6 Å². The van der Waals surface area contributed by atoms with Crippen molar-refractivity contribution in [3.05, 3.63) is 70.0 Å². The molecule has 1 unspecified atom stereocenters. The molecule has 0 amide bonds. The Hall–Kier alpha value is -1.67. The number of hydrogen-bond donors (Lipinski definition) is 0. The van der Waals surface area contributed by atoms with Gasteiger partial charge in [-0.2, -0.15) is 0 Å². The minimum absolute atomic E-state index is 0.0748. The summed E-state index contributed by atoms with van der Waals surface area (Å²) in [5.74, 6) is -0.316. The Morgan fingerprint density at radius 1 is 1.19 bits per heavy atom. The summed E-state index contributed by atoms with van der Waals surface area (Å²) in [6.45, 7) is 0. The van der Waals surface area contributed by atoms with Gasteiger partial charge in [-0.15, -0.1) is 0 Å². The molecular formula is C18H16ClFO. The van der Waals surface area contributed by atoms with Crippen molar-refractivity contribution in [3.8, 4) is 0 Å². The molecule has 2 aromatic carbocycles. The van der Waals surface area contributed by atoms with Crippen LogP contribution in [0.25, 0.3) is 0 Å². The normalized spacial score (nSPS) is 18.2. The highest BCUT2D eigenvalue weighted by Gasteiger charge is 2.25. The first-order valence-electron chi connectivity index (χ1n) is 7.21. The molecule has 0 fully saturated rings. The molecule has 0 aromatic heterocycles. The highest BCUT2D eigenvalue weighted by molar-refractivity contribution is 6.30. The number of hydrogen-bond acceptors (Lipinski definition) is 1. The summed E-state index contributed by atoms with van der Waals surface area (Å²) in [7, 11) is 0. The van der Waals surface area contributed by atoms with Crippen molar-refractivity contribution in [1.82, 2.24) is 0 Å². The van der Waals surface area contributed by atoms with Gasteiger partial charge < -0.3 is 0 Å². The van der Waals surface area contributed by atoms with Gasteiger partial charge >= 0.3 is 0 Å². The number of aryl methyl sites for hydroxylation is 1. The number of carbonyl (C=O) groups is 1. The maximum Gasteiger partial charge on any atom is 0.166 e. The maximum absolute atomic E-state index is 13.5. The first kappa shape index (κ1) is 14.3. The van der Waals surface area contributed by atoms with Gasteiger partial charge in [-0.05, 0) is 48.9 Å². The van der Waals surface area contributed by atoms with Crippen LogP contribution in [0.5, 0.6) is 0 Å². The van der Waals surface area contributed by atoms with E-state index in [4.69, 9.17) is 11.6 Å². The number of halogens is 2. The van der Waals surface area contributed by atoms with Gasteiger partial charge in [-0.25, -0.2) is 4.39 Å². The van der Waals surface area contributed by atoms with E-state index in [2.05, 4.69) is 0 Å². The Bertz CT molecular complexity index is 681. The van der Waals surface area contributed by atoms with E-state index in [0.717, 1.165) is 36.0 Å². The Labute approximate surface area is 128 Å². The zero-order valence-electron chi connectivity index (χ0n) is 11.6. The molecule has 0 saturated carbocycles. The van der Waals surface area contributed by atoms with E-state index in [1.54, 1.807) is 12.1 Å². The quantitative estimate of drug-likeness (QED) is 0.724. The van der Waals surface area contributed by atoms with E-state index in [0.29, 0.717) is 6.42 Å². The summed E-state index contributed by atoms with van der Waals surface area (Å²) in [5, 5.41) is 0.122. The van der Waals surface area contributed by atoms with Crippen molar-refractivity contribution in [2.75, 3.05) is 0 Å². The van der Waals surface area contributed by atoms with Crippen LogP contribution in [-0.4, -0.2) is 5.78 Å². The SMILES string of the molecule is O=C1c2ccccc2CCCC1Cc1ccc(Cl)c(F)c1. The summed E-state index contributed by atoms with van der Waals surface area (Å²) in [5.41, 5.74) is 2.79. The minimum Gasteiger partial charge on any atom is -0.294 e. The van der Waals surface area contributed by atoms with Gasteiger partial charge in [0.2, 0.25) is 0 Å². The Morgan fingerprint density at radius 3 is 2.81 bits per heavy atom. The van der Waals surface area contributed by atoms with Crippen LogP contribution in [0.3, 0.4) is 0 Å². The van der Waals surface area contributed by atoms with Crippen molar-refractivity contribution < 1.29 is 9.18 Å². The number of carbonyl (C=O) groups excluding carboxylic acids is 1. The third kappa shape index (κ3) is 3.01. The van der Waals surface area contributed by atoms with Crippen molar-refractivity contribution >= 4 is 17.4 Å². The molecule has 2 aromatic rings. The van der Waals surface area contributed by atoms with Crippen molar-refractivity contribution in [3.63, 3.8) is 0 Å². The van der Waals surface area contributed by atoms with Gasteiger partial charge in [0.1, 0.15) is 5.82 Å². The second-order valence-electron chi connectivity index (χ2n) is 5.56. The van der Waals surface area contributed by atoms with E-state index in [1.165, 1.54) is 6.07 Å². The van der Waals surface area contributed by atoms with E-state index < -0.39 is 5.82 Å². The zero-order chi connectivity index (χ0) is 14.8. The number of ketones is 1.